The number of sulfonamides is 1. The molecule has 3 fully saturated rings. The van der Waals surface area contributed by atoms with Gasteiger partial charge in [-0.15, -0.1) is 11.8 Å². The van der Waals surface area contributed by atoms with E-state index in [0.717, 1.165) is 6.42 Å². The summed E-state index contributed by atoms with van der Waals surface area (Å²) < 4.78 is 33.0. The number of nitrogens with one attached hydrogen (secondary N) is 1. The van der Waals surface area contributed by atoms with Crippen LogP contribution in [0.4, 0.5) is 5.69 Å². The number of morpholine rings is 1. The van der Waals surface area contributed by atoms with Gasteiger partial charge in [0.1, 0.15) is 6.04 Å². The second-order valence-corrected chi connectivity index (χ2v) is 11.8. The molecule has 0 aromatic heterocycles. The summed E-state index contributed by atoms with van der Waals surface area (Å²) in [5.41, 5.74) is 0.507. The van der Waals surface area contributed by atoms with Gasteiger partial charge in [0, 0.05) is 31.0 Å². The van der Waals surface area contributed by atoms with Crippen LogP contribution < -0.4 is 5.32 Å². The van der Waals surface area contributed by atoms with E-state index in [0.29, 0.717) is 31.0 Å². The maximum absolute atomic E-state index is 13.0. The third kappa shape index (κ3) is 3.86. The Hall–Kier alpha value is -1.62. The normalized spacial score (nSPS) is 32.3. The fraction of sp³-hybridized carbons (Fsp3) is 0.600. The van der Waals surface area contributed by atoms with Crippen molar-refractivity contribution in [3.8, 4) is 0 Å². The van der Waals surface area contributed by atoms with Gasteiger partial charge in [-0.25, -0.2) is 8.42 Å². The second kappa shape index (κ2) is 7.81. The van der Waals surface area contributed by atoms with Crippen LogP contribution in [0, 0.1) is 0 Å². The molecular formula is C20H27N3O5S2. The molecule has 4 atom stereocenters. The number of hydrogen-bond acceptors (Lipinski definition) is 6. The number of carbonyl (C=O) groups is 2. The Morgan fingerprint density at radius 3 is 2.47 bits per heavy atom. The summed E-state index contributed by atoms with van der Waals surface area (Å²) in [4.78, 5) is 26.6. The molecular weight excluding hydrogens is 426 g/mol. The third-order valence-electron chi connectivity index (χ3n) is 5.89. The van der Waals surface area contributed by atoms with E-state index in [1.165, 1.54) is 16.4 Å². The highest BCUT2D eigenvalue weighted by Crippen LogP contribution is 2.47. The predicted molar refractivity (Wildman–Crippen MR) is 115 cm³/mol. The highest BCUT2D eigenvalue weighted by atomic mass is 32.2. The van der Waals surface area contributed by atoms with E-state index in [1.54, 1.807) is 28.8 Å². The summed E-state index contributed by atoms with van der Waals surface area (Å²) >= 11 is 1.64. The van der Waals surface area contributed by atoms with Crippen molar-refractivity contribution in [1.82, 2.24) is 9.21 Å². The van der Waals surface area contributed by atoms with Gasteiger partial charge in [0.15, 0.2) is 0 Å². The summed E-state index contributed by atoms with van der Waals surface area (Å²) in [7, 11) is -3.63. The summed E-state index contributed by atoms with van der Waals surface area (Å²) in [5, 5.41) is 2.83. The minimum Gasteiger partial charge on any atom is -0.373 e. The molecule has 1 aromatic rings. The van der Waals surface area contributed by atoms with E-state index < -0.39 is 16.1 Å². The molecule has 0 saturated carbocycles. The summed E-state index contributed by atoms with van der Waals surface area (Å²) in [6, 6.07) is 5.68. The fourth-order valence-corrected chi connectivity index (χ4v) is 7.45. The zero-order valence-electron chi connectivity index (χ0n) is 17.3. The van der Waals surface area contributed by atoms with Gasteiger partial charge in [-0.05, 0) is 51.5 Å². The van der Waals surface area contributed by atoms with E-state index in [2.05, 4.69) is 5.32 Å². The van der Waals surface area contributed by atoms with E-state index in [9.17, 15) is 18.0 Å². The number of carbonyl (C=O) groups excluding carboxylic acids is 2. The van der Waals surface area contributed by atoms with E-state index in [-0.39, 0.29) is 33.8 Å². The third-order valence-corrected chi connectivity index (χ3v) is 9.24. The molecule has 3 saturated heterocycles. The molecule has 8 nitrogen and oxygen atoms in total. The van der Waals surface area contributed by atoms with Crippen LogP contribution in [0.25, 0.3) is 0 Å². The van der Waals surface area contributed by atoms with Crippen LogP contribution in [0.15, 0.2) is 29.2 Å². The second-order valence-electron chi connectivity index (χ2n) is 8.36. The first-order chi connectivity index (χ1) is 14.1. The Morgan fingerprint density at radius 2 is 1.83 bits per heavy atom. The van der Waals surface area contributed by atoms with E-state index in [1.807, 2.05) is 20.8 Å². The molecule has 30 heavy (non-hydrogen) atoms. The highest BCUT2D eigenvalue weighted by Gasteiger charge is 2.52. The number of amides is 2. The lowest BCUT2D eigenvalue weighted by molar-refractivity contribution is -0.135. The SMILES string of the molecule is CC1CN(S(=O)(=O)c2ccc(NC(=O)C3CSC4(C)CCC(=O)N34)cc2)CC(C)O1. The zero-order chi connectivity index (χ0) is 21.7. The van der Waals surface area contributed by atoms with Crippen molar-refractivity contribution >= 4 is 39.3 Å². The number of thioether (sulfide) groups is 1. The maximum atomic E-state index is 13.0. The molecule has 3 aliphatic rings. The molecule has 4 rings (SSSR count). The highest BCUT2D eigenvalue weighted by molar-refractivity contribution is 8.01. The van der Waals surface area contributed by atoms with Crippen LogP contribution in [0.1, 0.15) is 33.6 Å². The fourth-order valence-electron chi connectivity index (χ4n) is 4.43. The molecule has 3 aliphatic heterocycles. The molecule has 2 amide bonds. The lowest BCUT2D eigenvalue weighted by atomic mass is 10.2. The van der Waals surface area contributed by atoms with Gasteiger partial charge in [-0.2, -0.15) is 4.31 Å². The smallest absolute Gasteiger partial charge is 0.248 e. The molecule has 3 heterocycles. The molecule has 0 bridgehead atoms. The minimum atomic E-state index is -3.63. The first-order valence-electron chi connectivity index (χ1n) is 10.1. The van der Waals surface area contributed by atoms with Crippen molar-refractivity contribution in [2.24, 2.45) is 0 Å². The number of nitrogens with zero attached hydrogens (tertiary/aromatic N) is 2. The monoisotopic (exact) mass is 453 g/mol. The number of rotatable bonds is 4. The van der Waals surface area contributed by atoms with Gasteiger partial charge in [0.25, 0.3) is 0 Å². The topological polar surface area (TPSA) is 96.0 Å². The Kier molecular flexibility index (Phi) is 5.63. The first-order valence-corrected chi connectivity index (χ1v) is 12.6. The lowest BCUT2D eigenvalue weighted by Gasteiger charge is -2.34. The van der Waals surface area contributed by atoms with Crippen LogP contribution in [0.3, 0.4) is 0 Å². The van der Waals surface area contributed by atoms with E-state index in [4.69, 9.17) is 4.74 Å². The number of ether oxygens (including phenoxy) is 1. The Morgan fingerprint density at radius 1 is 1.20 bits per heavy atom. The average Bonchev–Trinajstić information content (AvgIpc) is 3.17. The molecule has 10 heteroatoms. The van der Waals surface area contributed by atoms with Crippen molar-refractivity contribution in [3.63, 3.8) is 0 Å². The molecule has 4 unspecified atom stereocenters. The van der Waals surface area contributed by atoms with Gasteiger partial charge in [0.05, 0.1) is 22.0 Å². The van der Waals surface area contributed by atoms with Crippen molar-refractivity contribution in [2.45, 2.75) is 61.6 Å². The van der Waals surface area contributed by atoms with Crippen molar-refractivity contribution in [3.05, 3.63) is 24.3 Å². The number of fused-ring (bicyclic) bond motifs is 1. The molecule has 1 N–H and O–H groups in total. The van der Waals surface area contributed by atoms with Crippen molar-refractivity contribution < 1.29 is 22.7 Å². The Bertz CT molecular complexity index is 942. The average molecular weight is 454 g/mol. The summed E-state index contributed by atoms with van der Waals surface area (Å²) in [6.45, 7) is 6.34. The maximum Gasteiger partial charge on any atom is 0.248 e. The summed E-state index contributed by atoms with van der Waals surface area (Å²) in [5.74, 6) is 0.333. The largest absolute Gasteiger partial charge is 0.373 e. The molecule has 0 radical (unpaired) electrons. The molecule has 0 spiro atoms. The number of hydrogen-bond donors (Lipinski definition) is 1. The standard InChI is InChI=1S/C20H27N3O5S2/c1-13-10-22(11-14(2)28-13)30(26,27)16-6-4-15(5-7-16)21-19(25)17-12-29-20(3)9-8-18(24)23(17)20/h4-7,13-14,17H,8-12H2,1-3H3,(H,21,25). The molecule has 0 aliphatic carbocycles. The van der Waals surface area contributed by atoms with Gasteiger partial charge in [0.2, 0.25) is 21.8 Å². The van der Waals surface area contributed by atoms with Crippen LogP contribution in [0.2, 0.25) is 0 Å². The van der Waals surface area contributed by atoms with Gasteiger partial charge < -0.3 is 15.0 Å². The van der Waals surface area contributed by atoms with Crippen LogP contribution in [-0.4, -0.2) is 71.4 Å². The first kappa shape index (κ1) is 21.6. The number of benzene rings is 1. The Balaban J connectivity index is 1.45. The zero-order valence-corrected chi connectivity index (χ0v) is 19.0. The van der Waals surface area contributed by atoms with Gasteiger partial charge in [-0.3, -0.25) is 9.59 Å². The molecule has 1 aromatic carbocycles. The van der Waals surface area contributed by atoms with Crippen LogP contribution in [0.5, 0.6) is 0 Å². The lowest BCUT2D eigenvalue weighted by Crippen LogP contribution is -2.48. The van der Waals surface area contributed by atoms with E-state index >= 15 is 0 Å². The van der Waals surface area contributed by atoms with Crippen molar-refractivity contribution in [2.75, 3.05) is 24.2 Å². The molecule has 164 valence electrons. The quantitative estimate of drug-likeness (QED) is 0.748. The summed E-state index contributed by atoms with van der Waals surface area (Å²) in [6.07, 6.45) is 0.903. The van der Waals surface area contributed by atoms with Gasteiger partial charge >= 0.3 is 0 Å². The van der Waals surface area contributed by atoms with Crippen molar-refractivity contribution in [1.29, 1.82) is 0 Å². The van der Waals surface area contributed by atoms with Gasteiger partial charge in [-0.1, -0.05) is 0 Å². The minimum absolute atomic E-state index is 0.0121. The van der Waals surface area contributed by atoms with Crippen LogP contribution >= 0.6 is 11.8 Å². The van der Waals surface area contributed by atoms with Crippen LogP contribution in [-0.2, 0) is 24.3 Å². The Labute approximate surface area is 181 Å². The number of anilines is 1. The predicted octanol–water partition coefficient (Wildman–Crippen LogP) is 1.88.